The first kappa shape index (κ1) is 22.9. The van der Waals surface area contributed by atoms with Crippen molar-refractivity contribution < 1.29 is 37.8 Å². The zero-order valence-corrected chi connectivity index (χ0v) is 17.5. The third-order valence-corrected chi connectivity index (χ3v) is 6.14. The lowest BCUT2D eigenvalue weighted by molar-refractivity contribution is -0.697. The number of unbranched alkanes of at least 4 members (excludes halogenated alkanes) is 2. The van der Waals surface area contributed by atoms with E-state index in [9.17, 15) is 9.13 Å². The summed E-state index contributed by atoms with van der Waals surface area (Å²) in [7, 11) is -7.81. The van der Waals surface area contributed by atoms with Crippen LogP contribution < -0.4 is 9.13 Å². The average molecular weight is 430 g/mol. The van der Waals surface area contributed by atoms with Crippen molar-refractivity contribution in [2.45, 2.75) is 38.8 Å². The van der Waals surface area contributed by atoms with E-state index >= 15 is 0 Å². The fraction of sp³-hybridized carbons (Fsp3) is 0.444. The second kappa shape index (κ2) is 10.4. The van der Waals surface area contributed by atoms with E-state index in [-0.39, 0.29) is 12.3 Å². The van der Waals surface area contributed by atoms with Gasteiger partial charge in [0, 0.05) is 43.3 Å². The first-order valence-electron chi connectivity index (χ1n) is 9.20. The molecule has 0 saturated carbocycles. The Morgan fingerprint density at radius 1 is 0.607 bits per heavy atom. The maximum absolute atomic E-state index is 10.9. The number of hydrogen-bond donors (Lipinski definition) is 4. The Hall–Kier alpha value is -1.40. The highest BCUT2D eigenvalue weighted by Gasteiger charge is 2.14. The van der Waals surface area contributed by atoms with Crippen molar-refractivity contribution in [1.29, 1.82) is 0 Å². The molecule has 10 heteroatoms. The molecule has 0 aliphatic heterocycles. The van der Waals surface area contributed by atoms with Gasteiger partial charge < -0.3 is 19.6 Å². The maximum Gasteiger partial charge on any atom is 0.325 e. The van der Waals surface area contributed by atoms with E-state index in [1.165, 1.54) is 0 Å². The summed E-state index contributed by atoms with van der Waals surface area (Å²) in [6, 6.07) is 7.98. The minimum absolute atomic E-state index is 0.0517. The molecule has 0 aliphatic carbocycles. The van der Waals surface area contributed by atoms with Gasteiger partial charge in [-0.3, -0.25) is 9.13 Å². The van der Waals surface area contributed by atoms with Crippen molar-refractivity contribution in [3.8, 4) is 11.1 Å². The summed E-state index contributed by atoms with van der Waals surface area (Å²) in [6.45, 7) is 1.36. The molecule has 0 bridgehead atoms. The first-order chi connectivity index (χ1) is 13.1. The normalized spacial score (nSPS) is 12.3. The highest BCUT2D eigenvalue weighted by atomic mass is 31.2. The largest absolute Gasteiger partial charge is 0.325 e. The Kier molecular flexibility index (Phi) is 8.50. The molecular weight excluding hydrogens is 402 g/mol. The average Bonchev–Trinajstić information content (AvgIpc) is 2.61. The summed E-state index contributed by atoms with van der Waals surface area (Å²) in [5.74, 6) is 0. The minimum atomic E-state index is -3.94. The molecule has 0 saturated heterocycles. The van der Waals surface area contributed by atoms with Crippen LogP contribution in [-0.4, -0.2) is 31.9 Å². The van der Waals surface area contributed by atoms with Crippen molar-refractivity contribution in [3.63, 3.8) is 0 Å². The van der Waals surface area contributed by atoms with Gasteiger partial charge in [0.1, 0.15) is 13.1 Å². The predicted molar refractivity (Wildman–Crippen MR) is 105 cm³/mol. The molecule has 2 aromatic heterocycles. The molecule has 0 radical (unpaired) electrons. The second-order valence-electron chi connectivity index (χ2n) is 6.84. The summed E-state index contributed by atoms with van der Waals surface area (Å²) >= 11 is 0. The number of rotatable bonds is 11. The van der Waals surface area contributed by atoms with E-state index in [1.54, 1.807) is 0 Å². The van der Waals surface area contributed by atoms with Crippen LogP contribution in [0, 0.1) is 0 Å². The van der Waals surface area contributed by atoms with E-state index in [1.807, 2.05) is 58.2 Å². The minimum Gasteiger partial charge on any atom is -0.324 e. The number of hydrogen-bond acceptors (Lipinski definition) is 2. The number of aryl methyl sites for hydroxylation is 2. The molecule has 4 N–H and O–H groups in total. The zero-order valence-electron chi connectivity index (χ0n) is 15.7. The van der Waals surface area contributed by atoms with E-state index in [0.717, 1.165) is 30.5 Å². The molecule has 2 aromatic rings. The molecule has 0 spiro atoms. The Morgan fingerprint density at radius 3 is 1.43 bits per heavy atom. The molecule has 2 rings (SSSR count). The molecule has 28 heavy (non-hydrogen) atoms. The third-order valence-electron chi connectivity index (χ3n) is 4.35. The van der Waals surface area contributed by atoms with Crippen molar-refractivity contribution in [1.82, 2.24) is 0 Å². The quantitative estimate of drug-likeness (QED) is 0.245. The van der Waals surface area contributed by atoms with Crippen LogP contribution in [0.3, 0.4) is 0 Å². The Labute approximate surface area is 164 Å². The lowest BCUT2D eigenvalue weighted by atomic mass is 10.1. The fourth-order valence-electron chi connectivity index (χ4n) is 2.85. The molecule has 0 aromatic carbocycles. The van der Waals surface area contributed by atoms with Crippen molar-refractivity contribution >= 4 is 15.2 Å². The van der Waals surface area contributed by atoms with Gasteiger partial charge in [0.25, 0.3) is 0 Å². The maximum atomic E-state index is 10.9. The zero-order chi connectivity index (χ0) is 20.6. The highest BCUT2D eigenvalue weighted by molar-refractivity contribution is 7.52. The Bertz CT molecular complexity index is 830. The van der Waals surface area contributed by atoms with Gasteiger partial charge >= 0.3 is 15.2 Å². The first-order valence-corrected chi connectivity index (χ1v) is 12.8. The van der Waals surface area contributed by atoms with Crippen LogP contribution in [0.2, 0.25) is 0 Å². The molecule has 8 nitrogen and oxygen atoms in total. The van der Waals surface area contributed by atoms with Gasteiger partial charge in [-0.2, -0.15) is 0 Å². The standard InChI is InChI=1S/C18H26N2O6P2/c21-27(22,23)15-3-1-2-9-19-11-5-17(6-12-19)18-7-13-20(14-8-18)10-4-16-28(24,25)26/h5-8,11-14H,1-4,9-10,15-16H2,(H2-2,21,22,23,24,25,26)/p+2. The van der Waals surface area contributed by atoms with E-state index in [0.29, 0.717) is 19.4 Å². The molecule has 2 heterocycles. The topological polar surface area (TPSA) is 123 Å². The van der Waals surface area contributed by atoms with Gasteiger partial charge in [0.05, 0.1) is 6.16 Å². The molecule has 0 unspecified atom stereocenters. The molecule has 0 atom stereocenters. The molecular formula is C18H28N2O6P2+2. The van der Waals surface area contributed by atoms with Crippen LogP contribution in [0.25, 0.3) is 11.1 Å². The monoisotopic (exact) mass is 430 g/mol. The Balaban J connectivity index is 1.80. The molecule has 0 aliphatic rings. The predicted octanol–water partition coefficient (Wildman–Crippen LogP) is 1.84. The van der Waals surface area contributed by atoms with Crippen molar-refractivity contribution in [3.05, 3.63) is 49.1 Å². The van der Waals surface area contributed by atoms with Gasteiger partial charge in [0.2, 0.25) is 0 Å². The summed E-state index contributed by atoms with van der Waals surface area (Å²) in [6.07, 6.45) is 10.2. The number of nitrogens with zero attached hydrogens (tertiary/aromatic N) is 2. The molecule has 0 amide bonds. The smallest absolute Gasteiger partial charge is 0.324 e. The van der Waals surface area contributed by atoms with Crippen molar-refractivity contribution in [2.24, 2.45) is 0 Å². The third kappa shape index (κ3) is 9.20. The second-order valence-corrected chi connectivity index (χ2v) is 10.4. The summed E-state index contributed by atoms with van der Waals surface area (Å²) in [5.41, 5.74) is 2.13. The van der Waals surface area contributed by atoms with Gasteiger partial charge in [-0.05, 0) is 24.0 Å². The van der Waals surface area contributed by atoms with E-state index in [4.69, 9.17) is 19.6 Å². The Morgan fingerprint density at radius 2 is 1.00 bits per heavy atom. The fourth-order valence-corrected chi connectivity index (χ4v) is 4.03. The van der Waals surface area contributed by atoms with Gasteiger partial charge in [-0.15, -0.1) is 0 Å². The van der Waals surface area contributed by atoms with Crippen LogP contribution in [0.1, 0.15) is 25.7 Å². The van der Waals surface area contributed by atoms with Gasteiger partial charge in [0.15, 0.2) is 24.8 Å². The number of aromatic nitrogens is 2. The van der Waals surface area contributed by atoms with Crippen LogP contribution in [0.15, 0.2) is 49.1 Å². The number of pyridine rings is 2. The van der Waals surface area contributed by atoms with Gasteiger partial charge in [-0.1, -0.05) is 0 Å². The summed E-state index contributed by atoms with van der Waals surface area (Å²) in [5, 5.41) is 0. The summed E-state index contributed by atoms with van der Waals surface area (Å²) in [4.78, 5) is 35.5. The van der Waals surface area contributed by atoms with Crippen LogP contribution in [0.4, 0.5) is 0 Å². The van der Waals surface area contributed by atoms with E-state index < -0.39 is 15.2 Å². The SMILES string of the molecule is O=P(O)(O)CCCCC[n+]1ccc(-c2cc[n+](CCCP(=O)(O)O)cc2)cc1. The lowest BCUT2D eigenvalue weighted by Gasteiger charge is -2.04. The highest BCUT2D eigenvalue weighted by Crippen LogP contribution is 2.35. The molecule has 154 valence electrons. The van der Waals surface area contributed by atoms with Crippen LogP contribution in [-0.2, 0) is 22.2 Å². The summed E-state index contributed by atoms with van der Waals surface area (Å²) < 4.78 is 25.6. The van der Waals surface area contributed by atoms with E-state index in [2.05, 4.69) is 0 Å². The van der Waals surface area contributed by atoms with Gasteiger partial charge in [-0.25, -0.2) is 9.13 Å². The van der Waals surface area contributed by atoms with Crippen molar-refractivity contribution in [2.75, 3.05) is 12.3 Å². The van der Waals surface area contributed by atoms with Crippen LogP contribution in [0.5, 0.6) is 0 Å². The molecule has 0 fully saturated rings. The van der Waals surface area contributed by atoms with Crippen LogP contribution >= 0.6 is 15.2 Å². The lowest BCUT2D eigenvalue weighted by Crippen LogP contribution is -2.33.